The van der Waals surface area contributed by atoms with Gasteiger partial charge in [-0.2, -0.15) is 0 Å². The zero-order valence-electron chi connectivity index (χ0n) is 15.4. The lowest BCUT2D eigenvalue weighted by Gasteiger charge is -2.19. The molecule has 0 spiro atoms. The minimum atomic E-state index is -0.569. The number of hydrogen-bond donors (Lipinski definition) is 1. The second-order valence-electron chi connectivity index (χ2n) is 7.04. The summed E-state index contributed by atoms with van der Waals surface area (Å²) in [6, 6.07) is 6.16. The lowest BCUT2D eigenvalue weighted by atomic mass is 10.0. The van der Waals surface area contributed by atoms with E-state index in [1.165, 1.54) is 17.7 Å². The highest BCUT2D eigenvalue weighted by atomic mass is 32.1. The fourth-order valence-electron chi connectivity index (χ4n) is 3.08. The molecular weight excluding hydrogens is 332 g/mol. The molecule has 25 heavy (non-hydrogen) atoms. The minimum Gasteiger partial charge on any atom is -0.481 e. The number of rotatable bonds is 5. The lowest BCUT2D eigenvalue weighted by molar-refractivity contribution is -0.122. The quantitative estimate of drug-likeness (QED) is 0.830. The van der Waals surface area contributed by atoms with Crippen LogP contribution < -0.4 is 10.1 Å². The van der Waals surface area contributed by atoms with Crippen LogP contribution >= 0.6 is 11.3 Å². The van der Waals surface area contributed by atoms with Gasteiger partial charge < -0.3 is 4.74 Å². The van der Waals surface area contributed by atoms with Gasteiger partial charge in [0.15, 0.2) is 11.2 Å². The molecule has 1 atom stereocenters. The molecule has 1 heterocycles. The van der Waals surface area contributed by atoms with E-state index in [9.17, 15) is 4.79 Å². The first kappa shape index (κ1) is 17.9. The largest absolute Gasteiger partial charge is 0.481 e. The standard InChI is InChI=1S/C20H26N2O2S/c1-12(2)15-10-9-13(3)11-17(15)24-14(4)19(23)22-20-21-16-7-5-6-8-18(16)25-20/h9-12,14H,5-8H2,1-4H3,(H,21,22,23)/t14-/m0/s1. The molecule has 5 heteroatoms. The molecule has 1 amide bonds. The van der Waals surface area contributed by atoms with Gasteiger partial charge in [0.25, 0.3) is 5.91 Å². The average molecular weight is 359 g/mol. The van der Waals surface area contributed by atoms with Crippen LogP contribution in [0.2, 0.25) is 0 Å². The third-order valence-corrected chi connectivity index (χ3v) is 5.61. The van der Waals surface area contributed by atoms with E-state index in [1.54, 1.807) is 18.3 Å². The van der Waals surface area contributed by atoms with Crippen LogP contribution in [0.5, 0.6) is 5.75 Å². The van der Waals surface area contributed by atoms with Crippen LogP contribution in [0.3, 0.4) is 0 Å². The summed E-state index contributed by atoms with van der Waals surface area (Å²) >= 11 is 1.60. The van der Waals surface area contributed by atoms with Crippen LogP contribution in [0.4, 0.5) is 5.13 Å². The molecular formula is C20H26N2O2S. The SMILES string of the molecule is Cc1ccc(C(C)C)c(O[C@@H](C)C(=O)Nc2nc3c(s2)CCCC3)c1. The van der Waals surface area contributed by atoms with Crippen molar-refractivity contribution in [3.05, 3.63) is 39.9 Å². The Morgan fingerprint density at radius 2 is 2.00 bits per heavy atom. The third-order valence-electron chi connectivity index (χ3n) is 4.54. The lowest BCUT2D eigenvalue weighted by Crippen LogP contribution is -2.30. The molecule has 1 aliphatic rings. The molecule has 1 N–H and O–H groups in total. The van der Waals surface area contributed by atoms with Crippen molar-refractivity contribution in [3.8, 4) is 5.75 Å². The molecule has 3 rings (SSSR count). The van der Waals surface area contributed by atoms with Crippen LogP contribution in [-0.2, 0) is 17.6 Å². The van der Waals surface area contributed by atoms with Gasteiger partial charge >= 0.3 is 0 Å². The van der Waals surface area contributed by atoms with Crippen LogP contribution in [-0.4, -0.2) is 17.0 Å². The van der Waals surface area contributed by atoms with E-state index in [1.807, 2.05) is 13.0 Å². The van der Waals surface area contributed by atoms with Gasteiger partial charge in [0.05, 0.1) is 5.69 Å². The molecule has 134 valence electrons. The Kier molecular flexibility index (Phi) is 5.42. The van der Waals surface area contributed by atoms with Crippen LogP contribution in [0.1, 0.15) is 61.2 Å². The number of aromatic nitrogens is 1. The van der Waals surface area contributed by atoms with E-state index in [0.717, 1.165) is 35.4 Å². The minimum absolute atomic E-state index is 0.151. The van der Waals surface area contributed by atoms with Gasteiger partial charge in [0, 0.05) is 4.88 Å². The van der Waals surface area contributed by atoms with E-state index >= 15 is 0 Å². The number of carbonyl (C=O) groups excluding carboxylic acids is 1. The monoisotopic (exact) mass is 358 g/mol. The predicted molar refractivity (Wildman–Crippen MR) is 103 cm³/mol. The maximum absolute atomic E-state index is 12.5. The summed E-state index contributed by atoms with van der Waals surface area (Å²) in [6.07, 6.45) is 3.94. The Morgan fingerprint density at radius 1 is 1.24 bits per heavy atom. The number of hydrogen-bond acceptors (Lipinski definition) is 4. The number of amides is 1. The van der Waals surface area contributed by atoms with E-state index in [0.29, 0.717) is 11.0 Å². The highest BCUT2D eigenvalue weighted by Crippen LogP contribution is 2.31. The van der Waals surface area contributed by atoms with Crippen LogP contribution in [0.15, 0.2) is 18.2 Å². The van der Waals surface area contributed by atoms with Crippen molar-refractivity contribution in [2.75, 3.05) is 5.32 Å². The summed E-state index contributed by atoms with van der Waals surface area (Å²) in [4.78, 5) is 18.4. The van der Waals surface area contributed by atoms with Crippen molar-refractivity contribution >= 4 is 22.4 Å². The van der Waals surface area contributed by atoms with E-state index < -0.39 is 6.10 Å². The summed E-state index contributed by atoms with van der Waals surface area (Å²) in [5.74, 6) is 0.981. The Bertz CT molecular complexity index is 744. The number of nitrogens with zero attached hydrogens (tertiary/aromatic N) is 1. The number of thiazole rings is 1. The predicted octanol–water partition coefficient (Wildman–Crippen LogP) is 4.86. The Morgan fingerprint density at radius 3 is 2.72 bits per heavy atom. The zero-order chi connectivity index (χ0) is 18.0. The fourth-order valence-corrected chi connectivity index (χ4v) is 4.13. The van der Waals surface area contributed by atoms with Crippen molar-refractivity contribution in [1.82, 2.24) is 4.98 Å². The Labute approximate surface area is 153 Å². The van der Waals surface area contributed by atoms with Gasteiger partial charge in [-0.15, -0.1) is 11.3 Å². The Balaban J connectivity index is 1.69. The summed E-state index contributed by atoms with van der Waals surface area (Å²) in [6.45, 7) is 8.07. The molecule has 0 bridgehead atoms. The third kappa shape index (κ3) is 4.21. The van der Waals surface area contributed by atoms with E-state index in [2.05, 4.69) is 36.3 Å². The van der Waals surface area contributed by atoms with Crippen molar-refractivity contribution in [1.29, 1.82) is 0 Å². The molecule has 2 aromatic rings. The highest BCUT2D eigenvalue weighted by molar-refractivity contribution is 7.15. The second-order valence-corrected chi connectivity index (χ2v) is 8.12. The van der Waals surface area contributed by atoms with Gasteiger partial charge in [-0.25, -0.2) is 4.98 Å². The Hall–Kier alpha value is -1.88. The first-order valence-corrected chi connectivity index (χ1v) is 9.82. The summed E-state index contributed by atoms with van der Waals surface area (Å²) in [7, 11) is 0. The van der Waals surface area contributed by atoms with Crippen molar-refractivity contribution in [3.63, 3.8) is 0 Å². The van der Waals surface area contributed by atoms with Gasteiger partial charge in [0.2, 0.25) is 0 Å². The molecule has 0 saturated heterocycles. The molecule has 1 aromatic heterocycles. The number of benzene rings is 1. The summed E-state index contributed by atoms with van der Waals surface area (Å²) in [5, 5.41) is 3.62. The molecule has 0 fully saturated rings. The average Bonchev–Trinajstić information content (AvgIpc) is 2.96. The van der Waals surface area contributed by atoms with Gasteiger partial charge in [-0.1, -0.05) is 26.0 Å². The number of ether oxygens (including phenoxy) is 1. The normalized spacial score (nSPS) is 14.9. The van der Waals surface area contributed by atoms with Gasteiger partial charge in [-0.3, -0.25) is 10.1 Å². The number of aryl methyl sites for hydroxylation is 3. The molecule has 4 nitrogen and oxygen atoms in total. The maximum atomic E-state index is 12.5. The van der Waals surface area contributed by atoms with Crippen molar-refractivity contribution in [2.45, 2.75) is 65.4 Å². The van der Waals surface area contributed by atoms with Crippen LogP contribution in [0.25, 0.3) is 0 Å². The highest BCUT2D eigenvalue weighted by Gasteiger charge is 2.21. The topological polar surface area (TPSA) is 51.2 Å². The molecule has 0 saturated carbocycles. The van der Waals surface area contributed by atoms with Gasteiger partial charge in [0.1, 0.15) is 5.75 Å². The molecule has 0 aliphatic heterocycles. The smallest absolute Gasteiger partial charge is 0.266 e. The van der Waals surface area contributed by atoms with E-state index in [4.69, 9.17) is 4.74 Å². The second kappa shape index (κ2) is 7.56. The summed E-state index contributed by atoms with van der Waals surface area (Å²) in [5.41, 5.74) is 3.40. The molecule has 0 unspecified atom stereocenters. The first-order chi connectivity index (χ1) is 11.9. The maximum Gasteiger partial charge on any atom is 0.266 e. The number of carbonyl (C=O) groups is 1. The number of nitrogens with one attached hydrogen (secondary N) is 1. The van der Waals surface area contributed by atoms with Crippen LogP contribution in [0, 0.1) is 6.92 Å². The van der Waals surface area contributed by atoms with E-state index in [-0.39, 0.29) is 5.91 Å². The zero-order valence-corrected chi connectivity index (χ0v) is 16.2. The van der Waals surface area contributed by atoms with Gasteiger partial charge in [-0.05, 0) is 62.6 Å². The first-order valence-electron chi connectivity index (χ1n) is 9.00. The number of fused-ring (bicyclic) bond motifs is 1. The molecule has 1 aromatic carbocycles. The fraction of sp³-hybridized carbons (Fsp3) is 0.500. The van der Waals surface area contributed by atoms with Crippen molar-refractivity contribution < 1.29 is 9.53 Å². The van der Waals surface area contributed by atoms with Crippen molar-refractivity contribution in [2.24, 2.45) is 0 Å². The number of anilines is 1. The summed E-state index contributed by atoms with van der Waals surface area (Å²) < 4.78 is 5.99. The molecule has 0 radical (unpaired) electrons. The molecule has 1 aliphatic carbocycles.